The van der Waals surface area contributed by atoms with Crippen LogP contribution in [0.5, 0.6) is 0 Å². The third-order valence-corrected chi connectivity index (χ3v) is 17.0. The van der Waals surface area contributed by atoms with Crippen LogP contribution in [0.3, 0.4) is 0 Å². The Morgan fingerprint density at radius 3 is 1.43 bits per heavy atom. The lowest BCUT2D eigenvalue weighted by molar-refractivity contribution is 0.669. The van der Waals surface area contributed by atoms with Gasteiger partial charge in [-0.05, 0) is 69.3 Å². The number of nitrogens with zero attached hydrogens (tertiary/aromatic N) is 2. The quantitative estimate of drug-likeness (QED) is 0.122. The van der Waals surface area contributed by atoms with Crippen molar-refractivity contribution in [2.75, 3.05) is 0 Å². The maximum atomic E-state index is 6.41. The molecule has 0 aliphatic heterocycles. The van der Waals surface area contributed by atoms with Crippen LogP contribution in [0, 0.1) is 0 Å². The predicted molar refractivity (Wildman–Crippen MR) is 246 cm³/mol. The van der Waals surface area contributed by atoms with Crippen molar-refractivity contribution in [2.45, 2.75) is 0 Å². The van der Waals surface area contributed by atoms with Crippen molar-refractivity contribution in [2.24, 2.45) is 0 Å². The number of hydrogen-bond acceptors (Lipinski definition) is 1. The number of furan rings is 1. The van der Waals surface area contributed by atoms with E-state index < -0.39 is 8.07 Å². The van der Waals surface area contributed by atoms with Crippen LogP contribution < -0.4 is 20.7 Å². The highest BCUT2D eigenvalue weighted by Gasteiger charge is 2.41. The lowest BCUT2D eigenvalue weighted by Gasteiger charge is -2.34. The highest BCUT2D eigenvalue weighted by molar-refractivity contribution is 7.20. The molecule has 0 aliphatic carbocycles. The van der Waals surface area contributed by atoms with Crippen molar-refractivity contribution >= 4 is 94.4 Å². The summed E-state index contributed by atoms with van der Waals surface area (Å²) in [6.45, 7) is 0. The van der Waals surface area contributed by atoms with Gasteiger partial charge in [0.1, 0.15) is 11.2 Å². The minimum absolute atomic E-state index is 0.888. The van der Waals surface area contributed by atoms with Crippen LogP contribution in [-0.2, 0) is 0 Å². The molecule has 0 aliphatic rings. The van der Waals surface area contributed by atoms with Gasteiger partial charge >= 0.3 is 0 Å². The van der Waals surface area contributed by atoms with E-state index in [1.54, 1.807) is 0 Å². The summed E-state index contributed by atoms with van der Waals surface area (Å²) in [5, 5.41) is 12.6. The molecule has 4 heteroatoms. The standard InChI is InChI=1S/C54H36N2OSi/c1-4-17-38(18-5-1)58(39-19-6-2-7-20-39,40-21-8-3-9-22-40)41-32-34-45-42-23-10-13-26-47(42)55(51(45)36-41)37-31-33-44-43-24-11-14-27-48(43)56(50(44)35-37)49-28-16-30-53-54(49)46-25-12-15-29-52(46)57-53/h1-36H. The fourth-order valence-electron chi connectivity index (χ4n) is 9.85. The normalized spacial score (nSPS) is 12.1. The molecular formula is C54H36N2OSi. The molecule has 3 heterocycles. The average molecular weight is 757 g/mol. The van der Waals surface area contributed by atoms with Gasteiger partial charge < -0.3 is 13.6 Å². The summed E-state index contributed by atoms with van der Waals surface area (Å²) >= 11 is 0. The van der Waals surface area contributed by atoms with Gasteiger partial charge in [0.15, 0.2) is 8.07 Å². The topological polar surface area (TPSA) is 23.0 Å². The molecule has 0 N–H and O–H groups in total. The van der Waals surface area contributed by atoms with Crippen molar-refractivity contribution in [1.82, 2.24) is 9.13 Å². The summed E-state index contributed by atoms with van der Waals surface area (Å²) < 4.78 is 11.3. The molecule has 12 rings (SSSR count). The van der Waals surface area contributed by atoms with Gasteiger partial charge in [0, 0.05) is 32.6 Å². The van der Waals surface area contributed by atoms with E-state index in [9.17, 15) is 0 Å². The Kier molecular flexibility index (Phi) is 7.25. The highest BCUT2D eigenvalue weighted by Crippen LogP contribution is 2.40. The highest BCUT2D eigenvalue weighted by atomic mass is 28.3. The molecule has 3 nitrogen and oxygen atoms in total. The van der Waals surface area contributed by atoms with Gasteiger partial charge in [-0.1, -0.05) is 170 Å². The first-order valence-electron chi connectivity index (χ1n) is 19.9. The minimum Gasteiger partial charge on any atom is -0.456 e. The molecule has 0 saturated carbocycles. The second kappa shape index (κ2) is 12.8. The Bertz CT molecular complexity index is 3410. The number of hydrogen-bond donors (Lipinski definition) is 0. The van der Waals surface area contributed by atoms with E-state index in [4.69, 9.17) is 4.42 Å². The Hall–Kier alpha value is -7.40. The first kappa shape index (κ1) is 32.8. The Morgan fingerprint density at radius 2 is 0.793 bits per heavy atom. The smallest absolute Gasteiger partial charge is 0.179 e. The number of para-hydroxylation sites is 3. The predicted octanol–water partition coefficient (Wildman–Crippen LogP) is 11.2. The summed E-state index contributed by atoms with van der Waals surface area (Å²) in [6, 6.07) is 80.3. The van der Waals surface area contributed by atoms with E-state index in [2.05, 4.69) is 221 Å². The number of benzene rings is 9. The van der Waals surface area contributed by atoms with Gasteiger partial charge in [0.2, 0.25) is 0 Å². The van der Waals surface area contributed by atoms with Gasteiger partial charge in [0.05, 0.1) is 33.1 Å². The third kappa shape index (κ3) is 4.67. The van der Waals surface area contributed by atoms with Crippen LogP contribution in [0.25, 0.3) is 76.9 Å². The van der Waals surface area contributed by atoms with Crippen molar-refractivity contribution in [3.05, 3.63) is 218 Å². The largest absolute Gasteiger partial charge is 0.456 e. The Morgan fingerprint density at radius 1 is 0.310 bits per heavy atom. The lowest BCUT2D eigenvalue weighted by atomic mass is 10.1. The van der Waals surface area contributed by atoms with Gasteiger partial charge in [-0.15, -0.1) is 0 Å². The monoisotopic (exact) mass is 756 g/mol. The van der Waals surface area contributed by atoms with Crippen LogP contribution >= 0.6 is 0 Å². The van der Waals surface area contributed by atoms with E-state index >= 15 is 0 Å². The Labute approximate surface area is 336 Å². The van der Waals surface area contributed by atoms with Gasteiger partial charge in [0.25, 0.3) is 0 Å². The zero-order chi connectivity index (χ0) is 38.2. The molecular weight excluding hydrogens is 721 g/mol. The van der Waals surface area contributed by atoms with Gasteiger partial charge in [-0.25, -0.2) is 0 Å². The molecule has 12 aromatic rings. The van der Waals surface area contributed by atoms with Crippen LogP contribution in [0.4, 0.5) is 0 Å². The van der Waals surface area contributed by atoms with Gasteiger partial charge in [-0.2, -0.15) is 0 Å². The van der Waals surface area contributed by atoms with E-state index in [0.717, 1.165) is 38.8 Å². The summed E-state index contributed by atoms with van der Waals surface area (Å²) in [5.41, 5.74) is 8.72. The minimum atomic E-state index is -2.78. The maximum absolute atomic E-state index is 6.41. The molecule has 58 heavy (non-hydrogen) atoms. The number of aromatic nitrogens is 2. The molecule has 272 valence electrons. The third-order valence-electron chi connectivity index (χ3n) is 12.3. The van der Waals surface area contributed by atoms with E-state index in [-0.39, 0.29) is 0 Å². The van der Waals surface area contributed by atoms with E-state index in [1.165, 1.54) is 58.8 Å². The summed E-state index contributed by atoms with van der Waals surface area (Å²) in [5.74, 6) is 0. The van der Waals surface area contributed by atoms with Crippen molar-refractivity contribution in [1.29, 1.82) is 0 Å². The first-order chi connectivity index (χ1) is 28.8. The lowest BCUT2D eigenvalue weighted by Crippen LogP contribution is -2.74. The first-order valence-corrected chi connectivity index (χ1v) is 21.9. The molecule has 0 bridgehead atoms. The molecule has 0 fully saturated rings. The summed E-state index contributed by atoms with van der Waals surface area (Å²) in [6.07, 6.45) is 0. The molecule has 0 atom stereocenters. The number of rotatable bonds is 6. The van der Waals surface area contributed by atoms with Crippen molar-refractivity contribution < 1.29 is 4.42 Å². The van der Waals surface area contributed by atoms with Crippen molar-refractivity contribution in [3.63, 3.8) is 0 Å². The molecule has 0 spiro atoms. The van der Waals surface area contributed by atoms with Crippen molar-refractivity contribution in [3.8, 4) is 11.4 Å². The van der Waals surface area contributed by atoms with Crippen LogP contribution in [0.2, 0.25) is 0 Å². The second-order valence-electron chi connectivity index (χ2n) is 15.2. The molecule has 3 aromatic heterocycles. The van der Waals surface area contributed by atoms with E-state index in [1.807, 2.05) is 6.07 Å². The number of fused-ring (bicyclic) bond motifs is 9. The zero-order valence-electron chi connectivity index (χ0n) is 31.6. The molecule has 0 unspecified atom stereocenters. The maximum Gasteiger partial charge on any atom is 0.179 e. The zero-order valence-corrected chi connectivity index (χ0v) is 32.6. The SMILES string of the molecule is c1ccc([Si](c2ccccc2)(c2ccccc2)c2ccc3c4ccccc4n(-c4ccc5c6ccccc6n(-c6cccc7oc8ccccc8c67)c5c4)c3c2)cc1. The average Bonchev–Trinajstić information content (AvgIpc) is 3.95. The second-order valence-corrected chi connectivity index (χ2v) is 19.0. The van der Waals surface area contributed by atoms with Gasteiger partial charge in [-0.3, -0.25) is 0 Å². The molecule has 0 radical (unpaired) electrons. The molecule has 9 aromatic carbocycles. The Balaban J connectivity index is 1.17. The fourth-order valence-corrected chi connectivity index (χ4v) is 14.6. The van der Waals surface area contributed by atoms with E-state index in [0.29, 0.717) is 0 Å². The van der Waals surface area contributed by atoms with Crippen LogP contribution in [-0.4, -0.2) is 17.2 Å². The molecule has 0 saturated heterocycles. The van der Waals surface area contributed by atoms with Crippen LogP contribution in [0.1, 0.15) is 0 Å². The fraction of sp³-hybridized carbons (Fsp3) is 0. The summed E-state index contributed by atoms with van der Waals surface area (Å²) in [7, 11) is -2.78. The van der Waals surface area contributed by atoms with Crippen LogP contribution in [0.15, 0.2) is 223 Å². The summed E-state index contributed by atoms with van der Waals surface area (Å²) in [4.78, 5) is 0. The molecule has 0 amide bonds.